The maximum absolute atomic E-state index is 14.0. The Morgan fingerprint density at radius 1 is 1.10 bits per heavy atom. The number of nitrogens with zero attached hydrogens (tertiary/aromatic N) is 6. The zero-order chi connectivity index (χ0) is 48.3. The summed E-state index contributed by atoms with van der Waals surface area (Å²) in [5.74, 6) is 0.119. The maximum atomic E-state index is 14.0. The van der Waals surface area contributed by atoms with Crippen molar-refractivity contribution in [3.05, 3.63) is 70.8 Å². The second-order valence-corrected chi connectivity index (χ2v) is 19.8. The highest BCUT2D eigenvalue weighted by molar-refractivity contribution is 7.10. The van der Waals surface area contributed by atoms with Crippen molar-refractivity contribution >= 4 is 52.8 Å². The number of carbonyl (C=O) groups excluding carboxylic acids is 5. The molecule has 2 saturated heterocycles. The molecular weight excluding hydrogens is 871 g/mol. The van der Waals surface area contributed by atoms with Gasteiger partial charge >= 0.3 is 0 Å². The average molecular weight is 940 g/mol. The number of hydroxylamine groups is 2. The van der Waals surface area contributed by atoms with Gasteiger partial charge in [0.05, 0.1) is 41.4 Å². The number of aromatic nitrogens is 3. The number of ether oxygens (including phenoxy) is 2. The second-order valence-electron chi connectivity index (χ2n) is 18.9. The summed E-state index contributed by atoms with van der Waals surface area (Å²) in [5, 5.41) is 8.12. The van der Waals surface area contributed by atoms with E-state index < -0.39 is 12.1 Å². The predicted molar refractivity (Wildman–Crippen MR) is 260 cm³/mol. The third-order valence-corrected chi connectivity index (χ3v) is 14.1. The fourth-order valence-corrected chi connectivity index (χ4v) is 10.5. The molecule has 1 aromatic carbocycles. The summed E-state index contributed by atoms with van der Waals surface area (Å²) in [6.07, 6.45) is 11.0. The summed E-state index contributed by atoms with van der Waals surface area (Å²) in [5.41, 5.74) is 6.30. The lowest BCUT2D eigenvalue weighted by molar-refractivity contribution is -0.199. The lowest BCUT2D eigenvalue weighted by Gasteiger charge is -2.33. The Bertz CT molecular complexity index is 2350. The Balaban J connectivity index is 0.000000656. The van der Waals surface area contributed by atoms with Crippen molar-refractivity contribution in [2.45, 2.75) is 117 Å². The number of aryl methyl sites for hydroxylation is 1. The molecular formula is C51H69N7O8S. The van der Waals surface area contributed by atoms with Crippen molar-refractivity contribution in [3.63, 3.8) is 0 Å². The number of pyridine rings is 1. The number of benzene rings is 1. The van der Waals surface area contributed by atoms with Crippen LogP contribution in [0, 0.1) is 17.3 Å². The number of hydrogen-bond acceptors (Lipinski definition) is 11. The van der Waals surface area contributed by atoms with Crippen molar-refractivity contribution in [1.29, 1.82) is 0 Å². The number of hydrogen-bond donors (Lipinski definition) is 1. The largest absolute Gasteiger partial charge is 0.467 e. The van der Waals surface area contributed by atoms with Crippen LogP contribution in [0.15, 0.2) is 54.6 Å². The highest BCUT2D eigenvalue weighted by Crippen LogP contribution is 2.42. The molecule has 362 valence electrons. The number of nitrogens with one attached hydrogen (secondary N) is 1. The summed E-state index contributed by atoms with van der Waals surface area (Å²) in [6.45, 7) is 18.1. The lowest BCUT2D eigenvalue weighted by Crippen LogP contribution is -2.56. The molecule has 0 spiro atoms. The van der Waals surface area contributed by atoms with E-state index in [1.807, 2.05) is 23.3 Å². The minimum Gasteiger partial charge on any atom is -0.467 e. The first-order chi connectivity index (χ1) is 32.2. The van der Waals surface area contributed by atoms with Gasteiger partial charge in [0.2, 0.25) is 18.2 Å². The van der Waals surface area contributed by atoms with Crippen molar-refractivity contribution in [2.24, 2.45) is 17.3 Å². The smallest absolute Gasteiger partial charge is 0.293 e. The summed E-state index contributed by atoms with van der Waals surface area (Å²) in [6, 6.07) is 8.80. The Morgan fingerprint density at radius 3 is 2.52 bits per heavy atom. The van der Waals surface area contributed by atoms with Gasteiger partial charge in [-0.2, -0.15) is 0 Å². The summed E-state index contributed by atoms with van der Waals surface area (Å²) < 4.78 is 13.4. The minimum atomic E-state index is -0.923. The molecule has 4 aromatic rings. The molecule has 4 atom stereocenters. The molecule has 4 amide bonds. The number of methoxy groups -OCH3 is 1. The minimum absolute atomic E-state index is 0.0350. The van der Waals surface area contributed by atoms with Crippen molar-refractivity contribution in [2.75, 3.05) is 47.0 Å². The zero-order valence-electron chi connectivity index (χ0n) is 40.3. The zero-order valence-corrected chi connectivity index (χ0v) is 41.1. The first-order valence-electron chi connectivity index (χ1n) is 23.7. The average Bonchev–Trinajstić information content (AvgIpc) is 4.18. The summed E-state index contributed by atoms with van der Waals surface area (Å²) in [7, 11) is 3.31. The van der Waals surface area contributed by atoms with Crippen LogP contribution in [0.3, 0.4) is 0 Å². The third kappa shape index (κ3) is 12.4. The topological polar surface area (TPSA) is 166 Å². The number of rotatable bonds is 19. The normalized spacial score (nSPS) is 17.9. The van der Waals surface area contributed by atoms with E-state index in [2.05, 4.69) is 68.4 Å². The number of likely N-dealkylation sites (tertiary alicyclic amines) is 1. The van der Waals surface area contributed by atoms with Crippen LogP contribution < -0.4 is 5.32 Å². The predicted octanol–water partition coefficient (Wildman–Crippen LogP) is 7.56. The van der Waals surface area contributed by atoms with Gasteiger partial charge in [0.15, 0.2) is 0 Å². The standard InChI is InChI=1S/C43H56N6O7S.C8H13NO/c1-7-48-36-17-16-30(21-32(36)33(23-43(3,4)25-55-27-51)40(48)31-15-12-18-44-38(31)28(2)54-6)35-24-57-37(45-35)22-34(42(53)49-19-10-11-20-56-49)46-41(52)39(47(5)26-50)29-13-8-9-14-29;1-3-8(10)9-5-4-7(2)6-9/h12,15-18,21,24,26-29,34,39H,7-11,13-14,19-20,22-23,25H2,1-6H3,(H,46,52);3,7H,1,4-6H2,2H3. The molecule has 5 heterocycles. The highest BCUT2D eigenvalue weighted by Gasteiger charge is 2.37. The maximum Gasteiger partial charge on any atom is 0.293 e. The summed E-state index contributed by atoms with van der Waals surface area (Å²) >= 11 is 1.44. The molecule has 16 heteroatoms. The van der Waals surface area contributed by atoms with Gasteiger partial charge in [0.25, 0.3) is 12.4 Å². The number of amides is 4. The molecule has 1 N–H and O–H groups in total. The molecule has 67 heavy (non-hydrogen) atoms. The number of thiazole rings is 1. The van der Waals surface area contributed by atoms with E-state index >= 15 is 0 Å². The van der Waals surface area contributed by atoms with Crippen LogP contribution in [0.5, 0.6) is 0 Å². The van der Waals surface area contributed by atoms with E-state index in [4.69, 9.17) is 24.3 Å². The van der Waals surface area contributed by atoms with Crippen molar-refractivity contribution in [3.8, 4) is 22.5 Å². The Hall–Kier alpha value is -5.45. The molecule has 3 aliphatic rings. The van der Waals surface area contributed by atoms with Crippen molar-refractivity contribution in [1.82, 2.24) is 34.7 Å². The Labute approximate surface area is 399 Å². The van der Waals surface area contributed by atoms with Gasteiger partial charge in [0, 0.05) is 85.8 Å². The molecule has 0 bridgehead atoms. The number of carbonyl (C=O) groups is 5. The van der Waals surface area contributed by atoms with Crippen LogP contribution in [0.4, 0.5) is 0 Å². The molecule has 3 aromatic heterocycles. The van der Waals surface area contributed by atoms with Crippen LogP contribution in [-0.4, -0.2) is 119 Å². The van der Waals surface area contributed by atoms with Crippen LogP contribution in [0.25, 0.3) is 33.4 Å². The number of likely N-dealkylation sites (N-methyl/N-ethyl adjacent to an activating group) is 1. The van der Waals surface area contributed by atoms with Gasteiger partial charge in [-0.3, -0.25) is 33.8 Å². The summed E-state index contributed by atoms with van der Waals surface area (Å²) in [4.78, 5) is 80.8. The molecule has 3 fully saturated rings. The molecule has 15 nitrogen and oxygen atoms in total. The van der Waals surface area contributed by atoms with Crippen LogP contribution in [0.1, 0.15) is 102 Å². The quantitative estimate of drug-likeness (QED) is 0.0733. The van der Waals surface area contributed by atoms with Gasteiger partial charge in [-0.15, -0.1) is 11.3 Å². The second kappa shape index (κ2) is 23.5. The monoisotopic (exact) mass is 939 g/mol. The van der Waals surface area contributed by atoms with E-state index in [1.54, 1.807) is 20.4 Å². The fraction of sp³-hybridized carbons (Fsp3) is 0.549. The lowest BCUT2D eigenvalue weighted by atomic mass is 9.84. The SMILES string of the molecule is C=CC(=O)N1CCC(C)C1.CCn1c(-c2cccnc2C(C)OC)c(CC(C)(C)COC=O)c2cc(-c3csc(CC(NC(=O)C(C4CCCC4)N(C)C=O)C(=O)N4CCCCO4)n3)ccc21. The molecule has 4 unspecified atom stereocenters. The molecule has 0 radical (unpaired) electrons. The van der Waals surface area contributed by atoms with Crippen molar-refractivity contribution < 1.29 is 38.3 Å². The van der Waals surface area contributed by atoms with E-state index in [-0.39, 0.29) is 48.2 Å². The number of fused-ring (bicyclic) bond motifs is 1. The van der Waals surface area contributed by atoms with Gasteiger partial charge in [-0.05, 0) is 100 Å². The highest BCUT2D eigenvalue weighted by atomic mass is 32.1. The van der Waals surface area contributed by atoms with Crippen LogP contribution in [0.2, 0.25) is 0 Å². The van der Waals surface area contributed by atoms with E-state index in [0.29, 0.717) is 49.9 Å². The van der Waals surface area contributed by atoms with E-state index in [1.165, 1.54) is 27.4 Å². The van der Waals surface area contributed by atoms with Gasteiger partial charge in [0.1, 0.15) is 12.1 Å². The van der Waals surface area contributed by atoms with Gasteiger partial charge in [-0.25, -0.2) is 10.0 Å². The van der Waals surface area contributed by atoms with E-state index in [9.17, 15) is 24.0 Å². The fourth-order valence-electron chi connectivity index (χ4n) is 9.69. The van der Waals surface area contributed by atoms with Gasteiger partial charge in [-0.1, -0.05) is 46.3 Å². The molecule has 7 rings (SSSR count). The van der Waals surface area contributed by atoms with E-state index in [0.717, 1.165) is 103 Å². The molecule has 1 aliphatic carbocycles. The Morgan fingerprint density at radius 2 is 1.88 bits per heavy atom. The first-order valence-corrected chi connectivity index (χ1v) is 24.6. The molecule has 2 aliphatic heterocycles. The first kappa shape index (κ1) is 51.0. The Kier molecular flexibility index (Phi) is 17.9. The molecule has 1 saturated carbocycles. The van der Waals surface area contributed by atoms with Crippen LogP contribution in [-0.2, 0) is 57.7 Å². The van der Waals surface area contributed by atoms with Crippen LogP contribution >= 0.6 is 11.3 Å². The third-order valence-electron chi connectivity index (χ3n) is 13.2. The van der Waals surface area contributed by atoms with Gasteiger partial charge < -0.3 is 29.2 Å².